The molecule has 2 aliphatic rings. The van der Waals surface area contributed by atoms with Crippen LogP contribution in [0.3, 0.4) is 0 Å². The van der Waals surface area contributed by atoms with E-state index < -0.39 is 23.4 Å². The summed E-state index contributed by atoms with van der Waals surface area (Å²) in [7, 11) is 3.09. The van der Waals surface area contributed by atoms with Crippen LogP contribution in [-0.4, -0.2) is 32.1 Å². The standard InChI is InChI=1S/C31H27N3O3/c1-19-9-12-23(20(2)15-19)30(35)29-28(22-10-13-25(36-3)26(16-22)37-4)31(17-32,18-33)27-14-11-21-7-5-6-8-24(21)34(27)29/h5-16,27-29H,1-4H3/t27-,28-,29+/m1/s1. The average molecular weight is 490 g/mol. The first kappa shape index (κ1) is 24.2. The maximum atomic E-state index is 14.5. The highest BCUT2D eigenvalue weighted by Gasteiger charge is 2.63. The van der Waals surface area contributed by atoms with Crippen molar-refractivity contribution in [3.05, 3.63) is 94.6 Å². The van der Waals surface area contributed by atoms with E-state index in [0.717, 1.165) is 22.4 Å². The largest absolute Gasteiger partial charge is 0.493 e. The van der Waals surface area contributed by atoms with Gasteiger partial charge in [-0.15, -0.1) is 0 Å². The Kier molecular flexibility index (Phi) is 5.97. The number of ketones is 1. The SMILES string of the molecule is COc1ccc([C@@H]2[C@@H](C(=O)c3ccc(C)cc3C)N3c4ccccc4C=C[C@@H]3C2(C#N)C#N)cc1OC. The molecule has 0 aliphatic carbocycles. The molecule has 184 valence electrons. The van der Waals surface area contributed by atoms with Crippen molar-refractivity contribution < 1.29 is 14.3 Å². The number of rotatable bonds is 5. The number of carbonyl (C=O) groups is 1. The van der Waals surface area contributed by atoms with Crippen molar-refractivity contribution in [1.82, 2.24) is 0 Å². The lowest BCUT2D eigenvalue weighted by Crippen LogP contribution is -2.44. The first-order valence-corrected chi connectivity index (χ1v) is 12.1. The molecule has 0 unspecified atom stereocenters. The van der Waals surface area contributed by atoms with E-state index in [1.165, 1.54) is 0 Å². The number of methoxy groups -OCH3 is 2. The summed E-state index contributed by atoms with van der Waals surface area (Å²) in [5.41, 5.74) is 3.42. The molecule has 2 heterocycles. The Labute approximate surface area is 217 Å². The predicted octanol–water partition coefficient (Wildman–Crippen LogP) is 5.60. The predicted molar refractivity (Wildman–Crippen MR) is 142 cm³/mol. The Hall–Kier alpha value is -4.55. The number of hydrogen-bond donors (Lipinski definition) is 0. The van der Waals surface area contributed by atoms with Gasteiger partial charge in [0.05, 0.1) is 32.4 Å². The highest BCUT2D eigenvalue weighted by atomic mass is 16.5. The quantitative estimate of drug-likeness (QED) is 0.433. The molecule has 3 aromatic rings. The van der Waals surface area contributed by atoms with Crippen LogP contribution in [0.1, 0.15) is 38.5 Å². The zero-order valence-corrected chi connectivity index (χ0v) is 21.2. The third-order valence-corrected chi connectivity index (χ3v) is 7.60. The summed E-state index contributed by atoms with van der Waals surface area (Å²) in [6.07, 6.45) is 3.83. The molecule has 0 amide bonds. The second kappa shape index (κ2) is 9.15. The monoisotopic (exact) mass is 489 g/mol. The van der Waals surface area contributed by atoms with E-state index >= 15 is 0 Å². The minimum Gasteiger partial charge on any atom is -0.493 e. The molecule has 0 radical (unpaired) electrons. The van der Waals surface area contributed by atoms with Gasteiger partial charge in [0.1, 0.15) is 6.04 Å². The van der Waals surface area contributed by atoms with Crippen molar-refractivity contribution >= 4 is 17.5 Å². The van der Waals surface area contributed by atoms with Gasteiger partial charge in [0.25, 0.3) is 0 Å². The topological polar surface area (TPSA) is 86.4 Å². The first-order valence-electron chi connectivity index (χ1n) is 12.1. The lowest BCUT2D eigenvalue weighted by atomic mass is 9.69. The molecule has 0 N–H and O–H groups in total. The van der Waals surface area contributed by atoms with E-state index in [9.17, 15) is 15.3 Å². The van der Waals surface area contributed by atoms with E-state index in [1.54, 1.807) is 26.4 Å². The van der Waals surface area contributed by atoms with Gasteiger partial charge in [0.15, 0.2) is 22.7 Å². The number of fused-ring (bicyclic) bond motifs is 3. The molecule has 0 saturated carbocycles. The fourth-order valence-electron chi connectivity index (χ4n) is 5.90. The molecular weight excluding hydrogens is 462 g/mol. The number of anilines is 1. The van der Waals surface area contributed by atoms with Crippen LogP contribution in [0.5, 0.6) is 11.5 Å². The third kappa shape index (κ3) is 3.57. The number of nitrogens with zero attached hydrogens (tertiary/aromatic N) is 3. The highest BCUT2D eigenvalue weighted by Crippen LogP contribution is 2.56. The number of nitriles is 2. The van der Waals surface area contributed by atoms with Crippen LogP contribution in [-0.2, 0) is 0 Å². The van der Waals surface area contributed by atoms with Crippen LogP contribution in [0.15, 0.2) is 66.7 Å². The maximum Gasteiger partial charge on any atom is 0.186 e. The minimum atomic E-state index is -1.53. The summed E-state index contributed by atoms with van der Waals surface area (Å²) < 4.78 is 11.0. The van der Waals surface area contributed by atoms with Gasteiger partial charge in [-0.25, -0.2) is 0 Å². The number of para-hydroxylation sites is 1. The van der Waals surface area contributed by atoms with E-state index in [-0.39, 0.29) is 5.78 Å². The minimum absolute atomic E-state index is 0.125. The Balaban J connectivity index is 1.80. The maximum absolute atomic E-state index is 14.5. The number of carbonyl (C=O) groups excluding carboxylic acids is 1. The van der Waals surface area contributed by atoms with E-state index in [2.05, 4.69) is 12.1 Å². The Morgan fingerprint density at radius 3 is 2.35 bits per heavy atom. The van der Waals surface area contributed by atoms with Crippen LogP contribution in [0, 0.1) is 41.9 Å². The number of hydrogen-bond acceptors (Lipinski definition) is 6. The van der Waals surface area contributed by atoms with E-state index in [0.29, 0.717) is 22.6 Å². The van der Waals surface area contributed by atoms with Gasteiger partial charge >= 0.3 is 0 Å². The molecule has 5 rings (SSSR count). The summed E-state index contributed by atoms with van der Waals surface area (Å²) >= 11 is 0. The average Bonchev–Trinajstić information content (AvgIpc) is 3.23. The van der Waals surface area contributed by atoms with Gasteiger partial charge in [0.2, 0.25) is 0 Å². The molecule has 1 fully saturated rings. The smallest absolute Gasteiger partial charge is 0.186 e. The zero-order valence-electron chi connectivity index (χ0n) is 21.2. The molecule has 0 bridgehead atoms. The first-order chi connectivity index (χ1) is 17.9. The summed E-state index contributed by atoms with van der Waals surface area (Å²) in [6.45, 7) is 3.91. The fourth-order valence-corrected chi connectivity index (χ4v) is 5.90. The molecule has 37 heavy (non-hydrogen) atoms. The summed E-state index contributed by atoms with van der Waals surface area (Å²) in [4.78, 5) is 16.5. The normalized spacial score (nSPS) is 20.8. The Bertz CT molecular complexity index is 1500. The van der Waals surface area contributed by atoms with Crippen LogP contribution in [0.2, 0.25) is 0 Å². The molecule has 2 aliphatic heterocycles. The van der Waals surface area contributed by atoms with E-state index in [4.69, 9.17) is 9.47 Å². The van der Waals surface area contributed by atoms with Gasteiger partial charge in [0, 0.05) is 17.2 Å². The van der Waals surface area contributed by atoms with Crippen molar-refractivity contribution in [2.75, 3.05) is 19.1 Å². The van der Waals surface area contributed by atoms with Crippen molar-refractivity contribution in [2.45, 2.75) is 31.8 Å². The van der Waals surface area contributed by atoms with Gasteiger partial charge in [-0.05, 0) is 48.7 Å². The van der Waals surface area contributed by atoms with Gasteiger partial charge in [-0.2, -0.15) is 10.5 Å². The summed E-state index contributed by atoms with van der Waals surface area (Å²) in [6, 6.07) is 22.2. The molecule has 6 nitrogen and oxygen atoms in total. The van der Waals surface area contributed by atoms with Gasteiger partial charge < -0.3 is 14.4 Å². The molecular formula is C31H27N3O3. The van der Waals surface area contributed by atoms with Crippen LogP contribution >= 0.6 is 0 Å². The third-order valence-electron chi connectivity index (χ3n) is 7.60. The van der Waals surface area contributed by atoms with Crippen molar-refractivity contribution in [2.24, 2.45) is 5.41 Å². The zero-order chi connectivity index (χ0) is 26.3. The number of Topliss-reactive ketones (excluding diaryl/α,β-unsaturated/α-hetero) is 1. The Morgan fingerprint density at radius 1 is 0.946 bits per heavy atom. The second-order valence-corrected chi connectivity index (χ2v) is 9.58. The molecule has 1 saturated heterocycles. The van der Waals surface area contributed by atoms with Crippen LogP contribution in [0.4, 0.5) is 5.69 Å². The summed E-state index contributed by atoms with van der Waals surface area (Å²) in [5.74, 6) is 0.128. The molecule has 6 heteroatoms. The lowest BCUT2D eigenvalue weighted by molar-refractivity contribution is 0.0950. The molecule has 3 atom stereocenters. The summed E-state index contributed by atoms with van der Waals surface area (Å²) in [5, 5.41) is 21.2. The number of benzene rings is 3. The number of ether oxygens (including phenoxy) is 2. The van der Waals surface area contributed by atoms with Gasteiger partial charge in [-0.1, -0.05) is 60.2 Å². The Morgan fingerprint density at radius 2 is 1.68 bits per heavy atom. The molecule has 0 spiro atoms. The van der Waals surface area contributed by atoms with Crippen LogP contribution in [0.25, 0.3) is 6.08 Å². The number of aryl methyl sites for hydroxylation is 2. The second-order valence-electron chi connectivity index (χ2n) is 9.58. The van der Waals surface area contributed by atoms with Crippen molar-refractivity contribution in [1.29, 1.82) is 10.5 Å². The molecule has 3 aromatic carbocycles. The van der Waals surface area contributed by atoms with Crippen molar-refractivity contribution in [3.8, 4) is 23.6 Å². The van der Waals surface area contributed by atoms with E-state index in [1.807, 2.05) is 79.4 Å². The highest BCUT2D eigenvalue weighted by molar-refractivity contribution is 6.05. The molecule has 0 aromatic heterocycles. The lowest BCUT2D eigenvalue weighted by Gasteiger charge is -2.35. The van der Waals surface area contributed by atoms with Crippen LogP contribution < -0.4 is 14.4 Å². The fraction of sp³-hybridized carbons (Fsp3) is 0.258. The van der Waals surface area contributed by atoms with Gasteiger partial charge in [-0.3, -0.25) is 4.79 Å². The van der Waals surface area contributed by atoms with Crippen molar-refractivity contribution in [3.63, 3.8) is 0 Å².